The topological polar surface area (TPSA) is 71.4 Å². The second-order valence-electron chi connectivity index (χ2n) is 10.2. The van der Waals surface area contributed by atoms with Crippen LogP contribution in [-0.4, -0.2) is 48.0 Å². The van der Waals surface area contributed by atoms with Crippen molar-refractivity contribution < 1.29 is 24.4 Å². The molecule has 2 heterocycles. The number of benzene rings is 3. The molecule has 1 fully saturated rings. The molecule has 0 radical (unpaired) electrons. The van der Waals surface area contributed by atoms with Gasteiger partial charge in [-0.1, -0.05) is 31.2 Å². The fourth-order valence-electron chi connectivity index (χ4n) is 5.36. The molecule has 0 aliphatic carbocycles. The van der Waals surface area contributed by atoms with E-state index in [0.717, 1.165) is 52.6 Å². The van der Waals surface area contributed by atoms with Crippen LogP contribution in [0.1, 0.15) is 50.0 Å². The summed E-state index contributed by atoms with van der Waals surface area (Å²) in [6.45, 7) is 9.44. The number of phenols is 2. The summed E-state index contributed by atoms with van der Waals surface area (Å²) < 4.78 is 18.2. The van der Waals surface area contributed by atoms with Crippen molar-refractivity contribution in [2.24, 2.45) is 5.92 Å². The number of allylic oxidation sites excluding steroid dienone is 1. The molecule has 0 spiro atoms. The lowest BCUT2D eigenvalue weighted by molar-refractivity contribution is 0.169. The van der Waals surface area contributed by atoms with Gasteiger partial charge in [0.05, 0.1) is 7.11 Å². The highest BCUT2D eigenvalue weighted by molar-refractivity contribution is 5.96. The van der Waals surface area contributed by atoms with E-state index in [2.05, 4.69) is 18.7 Å². The van der Waals surface area contributed by atoms with Crippen molar-refractivity contribution in [3.63, 3.8) is 0 Å². The molecule has 5 rings (SSSR count). The first-order chi connectivity index (χ1) is 17.8. The Morgan fingerprint density at radius 1 is 1.05 bits per heavy atom. The number of fused-ring (bicyclic) bond motifs is 1. The van der Waals surface area contributed by atoms with Crippen LogP contribution in [0.15, 0.2) is 60.7 Å². The van der Waals surface area contributed by atoms with Crippen LogP contribution in [0.5, 0.6) is 28.7 Å². The fourth-order valence-corrected chi connectivity index (χ4v) is 5.36. The number of hydrogen-bond donors (Lipinski definition) is 2. The summed E-state index contributed by atoms with van der Waals surface area (Å²) in [7, 11) is 1.56. The number of phenolic OH excluding ortho intramolecular Hbond substituents is 2. The maximum Gasteiger partial charge on any atom is 0.170 e. The van der Waals surface area contributed by atoms with Gasteiger partial charge in [0.1, 0.15) is 30.0 Å². The van der Waals surface area contributed by atoms with E-state index < -0.39 is 6.10 Å². The second kappa shape index (κ2) is 10.4. The van der Waals surface area contributed by atoms with Crippen molar-refractivity contribution in [3.05, 3.63) is 77.4 Å². The largest absolute Gasteiger partial charge is 0.508 e. The van der Waals surface area contributed by atoms with Gasteiger partial charge >= 0.3 is 0 Å². The van der Waals surface area contributed by atoms with Gasteiger partial charge in [-0.15, -0.1) is 0 Å². The summed E-state index contributed by atoms with van der Waals surface area (Å²) in [4.78, 5) is 2.49. The Bertz CT molecular complexity index is 1300. The molecule has 0 amide bonds. The monoisotopic (exact) mass is 501 g/mol. The summed E-state index contributed by atoms with van der Waals surface area (Å²) in [6, 6.07) is 18.8. The minimum absolute atomic E-state index is 0.103. The number of aromatic hydroxyl groups is 2. The van der Waals surface area contributed by atoms with Gasteiger partial charge in [0, 0.05) is 29.8 Å². The average molecular weight is 502 g/mol. The molecular weight excluding hydrogens is 466 g/mol. The predicted octanol–water partition coefficient (Wildman–Crippen LogP) is 6.28. The first-order valence-corrected chi connectivity index (χ1v) is 12.9. The van der Waals surface area contributed by atoms with Crippen LogP contribution < -0.4 is 14.2 Å². The van der Waals surface area contributed by atoms with E-state index in [4.69, 9.17) is 14.2 Å². The Labute approximate surface area is 218 Å². The molecule has 0 aromatic heterocycles. The first-order valence-electron chi connectivity index (χ1n) is 12.9. The molecule has 2 aliphatic heterocycles. The van der Waals surface area contributed by atoms with Gasteiger partial charge in [-0.3, -0.25) is 4.90 Å². The van der Waals surface area contributed by atoms with E-state index in [0.29, 0.717) is 24.1 Å². The molecule has 3 aromatic rings. The summed E-state index contributed by atoms with van der Waals surface area (Å²) in [5.41, 5.74) is 4.43. The summed E-state index contributed by atoms with van der Waals surface area (Å²) in [5, 5.41) is 20.5. The molecular formula is C31H35NO5. The predicted molar refractivity (Wildman–Crippen MR) is 145 cm³/mol. The highest BCUT2D eigenvalue weighted by Crippen LogP contribution is 2.51. The fraction of sp³-hybridized carbons (Fsp3) is 0.355. The van der Waals surface area contributed by atoms with Gasteiger partial charge < -0.3 is 24.4 Å². The molecule has 1 saturated heterocycles. The molecule has 1 unspecified atom stereocenters. The van der Waals surface area contributed by atoms with E-state index >= 15 is 0 Å². The van der Waals surface area contributed by atoms with E-state index in [1.54, 1.807) is 31.4 Å². The number of rotatable bonds is 7. The third-order valence-electron chi connectivity index (χ3n) is 7.48. The highest BCUT2D eigenvalue weighted by Gasteiger charge is 2.32. The third-order valence-corrected chi connectivity index (χ3v) is 7.48. The SMILES string of the molecule is COc1cc(O)cc2c1OC(c1ccc(OC[C@H](C)N3CC[C@@H](C)C3)cc1)C(c1cccc(O)c1)=C2C. The van der Waals surface area contributed by atoms with Crippen molar-refractivity contribution >= 4 is 11.1 Å². The standard InChI is InChI=1S/C31H35NO5/c1-19-12-13-32(17-19)20(2)18-36-26-10-8-22(9-11-26)30-29(23-6-5-7-24(33)14-23)21(3)27-15-25(34)16-28(35-4)31(27)37-30/h5-11,14-16,19-20,30,33-34H,12-13,17-18H2,1-4H3/t19-,20+,30?/m1/s1. The Morgan fingerprint density at radius 3 is 2.51 bits per heavy atom. The second-order valence-corrected chi connectivity index (χ2v) is 10.2. The molecule has 3 atom stereocenters. The summed E-state index contributed by atoms with van der Waals surface area (Å²) in [6.07, 6.45) is 0.814. The molecule has 2 aliphatic rings. The Morgan fingerprint density at radius 2 is 1.84 bits per heavy atom. The van der Waals surface area contributed by atoms with Crippen molar-refractivity contribution in [2.75, 3.05) is 26.8 Å². The zero-order valence-electron chi connectivity index (χ0n) is 21.9. The van der Waals surface area contributed by atoms with Crippen molar-refractivity contribution in [1.82, 2.24) is 4.90 Å². The van der Waals surface area contributed by atoms with Crippen LogP contribution in [0.3, 0.4) is 0 Å². The number of hydrogen-bond acceptors (Lipinski definition) is 6. The number of methoxy groups -OCH3 is 1. The Kier molecular flexibility index (Phi) is 7.02. The van der Waals surface area contributed by atoms with Crippen LogP contribution in [0.4, 0.5) is 0 Å². The zero-order valence-corrected chi connectivity index (χ0v) is 21.9. The van der Waals surface area contributed by atoms with Gasteiger partial charge in [0.2, 0.25) is 0 Å². The minimum atomic E-state index is -0.438. The molecule has 0 bridgehead atoms. The van der Waals surface area contributed by atoms with Gasteiger partial charge in [-0.2, -0.15) is 0 Å². The quantitative estimate of drug-likeness (QED) is 0.397. The zero-order chi connectivity index (χ0) is 26.1. The van der Waals surface area contributed by atoms with Crippen LogP contribution >= 0.6 is 0 Å². The molecule has 6 nitrogen and oxygen atoms in total. The lowest BCUT2D eigenvalue weighted by atomic mass is 9.86. The average Bonchev–Trinajstić information content (AvgIpc) is 3.33. The van der Waals surface area contributed by atoms with E-state index in [1.165, 1.54) is 6.42 Å². The van der Waals surface area contributed by atoms with E-state index in [9.17, 15) is 10.2 Å². The van der Waals surface area contributed by atoms with E-state index in [1.807, 2.05) is 43.3 Å². The van der Waals surface area contributed by atoms with Crippen molar-refractivity contribution in [3.8, 4) is 28.7 Å². The summed E-state index contributed by atoms with van der Waals surface area (Å²) >= 11 is 0. The molecule has 6 heteroatoms. The van der Waals surface area contributed by atoms with Gasteiger partial charge in [-0.25, -0.2) is 0 Å². The van der Waals surface area contributed by atoms with Crippen LogP contribution in [0.2, 0.25) is 0 Å². The molecule has 2 N–H and O–H groups in total. The smallest absolute Gasteiger partial charge is 0.170 e. The third kappa shape index (κ3) is 5.12. The minimum Gasteiger partial charge on any atom is -0.508 e. The number of likely N-dealkylation sites (tertiary alicyclic amines) is 1. The lowest BCUT2D eigenvalue weighted by Gasteiger charge is -2.32. The van der Waals surface area contributed by atoms with Crippen LogP contribution in [0, 0.1) is 5.92 Å². The number of ether oxygens (including phenoxy) is 3. The first kappa shape index (κ1) is 25.0. The Balaban J connectivity index is 1.45. The van der Waals surface area contributed by atoms with Gasteiger partial charge in [0.15, 0.2) is 11.5 Å². The van der Waals surface area contributed by atoms with Gasteiger partial charge in [0.25, 0.3) is 0 Å². The highest BCUT2D eigenvalue weighted by atomic mass is 16.5. The molecule has 37 heavy (non-hydrogen) atoms. The molecule has 0 saturated carbocycles. The number of nitrogens with zero attached hydrogens (tertiary/aromatic N) is 1. The van der Waals surface area contributed by atoms with E-state index in [-0.39, 0.29) is 11.5 Å². The van der Waals surface area contributed by atoms with Crippen molar-refractivity contribution in [2.45, 2.75) is 39.3 Å². The maximum absolute atomic E-state index is 10.3. The Hall–Kier alpha value is -3.64. The van der Waals surface area contributed by atoms with Crippen LogP contribution in [-0.2, 0) is 0 Å². The normalized spacial score (nSPS) is 20.3. The summed E-state index contributed by atoms with van der Waals surface area (Å²) in [5.74, 6) is 2.91. The van der Waals surface area contributed by atoms with Gasteiger partial charge in [-0.05, 0) is 79.8 Å². The molecule has 194 valence electrons. The lowest BCUT2D eigenvalue weighted by Crippen LogP contribution is -2.35. The molecule has 3 aromatic carbocycles. The van der Waals surface area contributed by atoms with Crippen LogP contribution in [0.25, 0.3) is 11.1 Å². The maximum atomic E-state index is 10.3. The van der Waals surface area contributed by atoms with Crippen molar-refractivity contribution in [1.29, 1.82) is 0 Å².